The van der Waals surface area contributed by atoms with Gasteiger partial charge in [0.15, 0.2) is 0 Å². The van der Waals surface area contributed by atoms with Crippen molar-refractivity contribution in [2.45, 2.75) is 58.0 Å². The molecule has 0 spiro atoms. The van der Waals surface area contributed by atoms with Crippen molar-refractivity contribution >= 4 is 11.5 Å². The van der Waals surface area contributed by atoms with Crippen molar-refractivity contribution in [3.63, 3.8) is 0 Å². The highest BCUT2D eigenvalue weighted by molar-refractivity contribution is 5.60. The minimum atomic E-state index is 0.674. The Labute approximate surface area is 195 Å². The van der Waals surface area contributed by atoms with Crippen molar-refractivity contribution in [1.29, 1.82) is 0 Å². The fourth-order valence-electron chi connectivity index (χ4n) is 5.38. The molecule has 3 aliphatic rings. The summed E-state index contributed by atoms with van der Waals surface area (Å²) in [6.07, 6.45) is 6.09. The summed E-state index contributed by atoms with van der Waals surface area (Å²) in [5.41, 5.74) is 1.91. The van der Waals surface area contributed by atoms with Gasteiger partial charge in [0.1, 0.15) is 5.82 Å². The Morgan fingerprint density at radius 2 is 1.84 bits per heavy atom. The standard InChI is InChI=1S/C26H43N5O/c1-21(2)29-14-8-24(9-15-29)30-12-5-13-31(17-16-30)26-7-4-6-25(28-26)22(3)27-20-23-10-18-32-19-11-23/h4,6-7,21,23-24,27H,3,5,8-20H2,1-2H3. The van der Waals surface area contributed by atoms with Gasteiger partial charge < -0.3 is 19.9 Å². The van der Waals surface area contributed by atoms with Gasteiger partial charge in [0, 0.05) is 58.0 Å². The molecule has 0 aromatic carbocycles. The van der Waals surface area contributed by atoms with Crippen LogP contribution in [0.4, 0.5) is 5.82 Å². The predicted octanol–water partition coefficient (Wildman–Crippen LogP) is 3.45. The van der Waals surface area contributed by atoms with E-state index < -0.39 is 0 Å². The summed E-state index contributed by atoms with van der Waals surface area (Å²) in [4.78, 5) is 12.8. The summed E-state index contributed by atoms with van der Waals surface area (Å²) in [6, 6.07) is 7.79. The average molecular weight is 442 g/mol. The Balaban J connectivity index is 1.29. The van der Waals surface area contributed by atoms with Gasteiger partial charge in [-0.3, -0.25) is 4.90 Å². The minimum Gasteiger partial charge on any atom is -0.384 e. The van der Waals surface area contributed by atoms with Crippen LogP contribution in [0.5, 0.6) is 0 Å². The van der Waals surface area contributed by atoms with Gasteiger partial charge in [-0.25, -0.2) is 4.98 Å². The van der Waals surface area contributed by atoms with E-state index in [0.29, 0.717) is 12.0 Å². The second-order valence-corrected chi connectivity index (χ2v) is 10.0. The van der Waals surface area contributed by atoms with Crippen molar-refractivity contribution < 1.29 is 4.74 Å². The van der Waals surface area contributed by atoms with Gasteiger partial charge in [0.05, 0.1) is 11.4 Å². The molecule has 1 aromatic rings. The van der Waals surface area contributed by atoms with Crippen molar-refractivity contribution in [3.8, 4) is 0 Å². The van der Waals surface area contributed by atoms with E-state index in [-0.39, 0.29) is 0 Å². The van der Waals surface area contributed by atoms with Gasteiger partial charge in [-0.05, 0) is 77.1 Å². The Bertz CT molecular complexity index is 725. The largest absolute Gasteiger partial charge is 0.384 e. The van der Waals surface area contributed by atoms with E-state index >= 15 is 0 Å². The molecule has 0 radical (unpaired) electrons. The second kappa shape index (κ2) is 11.5. The number of rotatable bonds is 7. The molecule has 0 bridgehead atoms. The molecule has 3 saturated heterocycles. The zero-order valence-electron chi connectivity index (χ0n) is 20.3. The number of piperidine rings is 1. The van der Waals surface area contributed by atoms with Crippen LogP contribution in [0.15, 0.2) is 24.8 Å². The van der Waals surface area contributed by atoms with Gasteiger partial charge in [0.2, 0.25) is 0 Å². The number of nitrogens with zero attached hydrogens (tertiary/aromatic N) is 4. The van der Waals surface area contributed by atoms with Gasteiger partial charge in [-0.2, -0.15) is 0 Å². The van der Waals surface area contributed by atoms with Crippen LogP contribution >= 0.6 is 0 Å². The number of aromatic nitrogens is 1. The van der Waals surface area contributed by atoms with Gasteiger partial charge >= 0.3 is 0 Å². The molecule has 1 N–H and O–H groups in total. The first-order chi connectivity index (χ1) is 15.6. The molecule has 3 fully saturated rings. The fraction of sp³-hybridized carbons (Fsp3) is 0.731. The molecule has 3 aliphatic heterocycles. The van der Waals surface area contributed by atoms with Gasteiger partial charge in [-0.15, -0.1) is 0 Å². The Morgan fingerprint density at radius 3 is 2.59 bits per heavy atom. The fourth-order valence-corrected chi connectivity index (χ4v) is 5.38. The first-order valence-electron chi connectivity index (χ1n) is 12.8. The molecule has 6 heteroatoms. The lowest BCUT2D eigenvalue weighted by molar-refractivity contribution is 0.0674. The first-order valence-corrected chi connectivity index (χ1v) is 12.8. The molecule has 0 atom stereocenters. The molecule has 32 heavy (non-hydrogen) atoms. The van der Waals surface area contributed by atoms with E-state index in [1.807, 2.05) is 0 Å². The summed E-state index contributed by atoms with van der Waals surface area (Å²) in [5.74, 6) is 1.76. The maximum Gasteiger partial charge on any atom is 0.129 e. The predicted molar refractivity (Wildman–Crippen MR) is 133 cm³/mol. The highest BCUT2D eigenvalue weighted by Crippen LogP contribution is 2.22. The SMILES string of the molecule is C=C(NCC1CCOCC1)c1cccc(N2CCCN(C3CCN(C(C)C)CC3)CC2)n1. The van der Waals surface area contributed by atoms with Crippen LogP contribution in [0.25, 0.3) is 5.70 Å². The van der Waals surface area contributed by atoms with Crippen LogP contribution in [-0.4, -0.2) is 85.9 Å². The first kappa shape index (κ1) is 23.5. The summed E-state index contributed by atoms with van der Waals surface area (Å²) in [5, 5.41) is 3.53. The maximum absolute atomic E-state index is 5.47. The van der Waals surface area contributed by atoms with E-state index in [1.54, 1.807) is 0 Å². The molecule has 0 unspecified atom stereocenters. The zero-order chi connectivity index (χ0) is 22.3. The zero-order valence-corrected chi connectivity index (χ0v) is 20.3. The summed E-state index contributed by atoms with van der Waals surface area (Å²) in [6.45, 7) is 18.6. The van der Waals surface area contributed by atoms with E-state index in [0.717, 1.165) is 75.5 Å². The summed E-state index contributed by atoms with van der Waals surface area (Å²) >= 11 is 0. The third-order valence-electron chi connectivity index (χ3n) is 7.59. The molecule has 4 heterocycles. The summed E-state index contributed by atoms with van der Waals surface area (Å²) < 4.78 is 5.47. The summed E-state index contributed by atoms with van der Waals surface area (Å²) in [7, 11) is 0. The van der Waals surface area contributed by atoms with Crippen LogP contribution in [0, 0.1) is 5.92 Å². The highest BCUT2D eigenvalue weighted by atomic mass is 16.5. The quantitative estimate of drug-likeness (QED) is 0.699. The van der Waals surface area contributed by atoms with Crippen molar-refractivity contribution in [2.24, 2.45) is 5.92 Å². The van der Waals surface area contributed by atoms with Crippen molar-refractivity contribution in [2.75, 3.05) is 63.9 Å². The van der Waals surface area contributed by atoms with E-state index in [4.69, 9.17) is 9.72 Å². The molecule has 0 saturated carbocycles. The normalized spacial score (nSPS) is 22.8. The van der Waals surface area contributed by atoms with Crippen LogP contribution < -0.4 is 10.2 Å². The van der Waals surface area contributed by atoms with Gasteiger partial charge in [0.25, 0.3) is 0 Å². The van der Waals surface area contributed by atoms with Crippen molar-refractivity contribution in [1.82, 2.24) is 20.1 Å². The number of hydrogen-bond donors (Lipinski definition) is 1. The number of anilines is 1. The monoisotopic (exact) mass is 441 g/mol. The Morgan fingerprint density at radius 1 is 1.06 bits per heavy atom. The number of likely N-dealkylation sites (tertiary alicyclic amines) is 1. The number of ether oxygens (including phenoxy) is 1. The minimum absolute atomic E-state index is 0.674. The van der Waals surface area contributed by atoms with Crippen LogP contribution in [0.1, 0.15) is 51.6 Å². The lowest BCUT2D eigenvalue weighted by Gasteiger charge is -2.39. The number of nitrogens with one attached hydrogen (secondary N) is 1. The second-order valence-electron chi connectivity index (χ2n) is 10.0. The van der Waals surface area contributed by atoms with Crippen LogP contribution in [0.3, 0.4) is 0 Å². The number of hydrogen-bond acceptors (Lipinski definition) is 6. The highest BCUT2D eigenvalue weighted by Gasteiger charge is 2.27. The smallest absolute Gasteiger partial charge is 0.129 e. The molecule has 6 nitrogen and oxygen atoms in total. The maximum atomic E-state index is 5.47. The Kier molecular flexibility index (Phi) is 8.44. The van der Waals surface area contributed by atoms with Crippen LogP contribution in [0.2, 0.25) is 0 Å². The third kappa shape index (κ3) is 6.24. The average Bonchev–Trinajstić information content (AvgIpc) is 3.10. The van der Waals surface area contributed by atoms with Crippen molar-refractivity contribution in [3.05, 3.63) is 30.5 Å². The molecule has 4 rings (SSSR count). The Hall–Kier alpha value is -1.63. The molecule has 1 aromatic heterocycles. The lowest BCUT2D eigenvalue weighted by Crippen LogP contribution is -2.47. The van der Waals surface area contributed by atoms with Gasteiger partial charge in [-0.1, -0.05) is 12.6 Å². The van der Waals surface area contributed by atoms with E-state index in [9.17, 15) is 0 Å². The van der Waals surface area contributed by atoms with E-state index in [2.05, 4.69) is 58.6 Å². The lowest BCUT2D eigenvalue weighted by atomic mass is 10.0. The molecule has 0 amide bonds. The molecular formula is C26H43N5O. The molecular weight excluding hydrogens is 398 g/mol. The van der Waals surface area contributed by atoms with E-state index in [1.165, 1.54) is 38.9 Å². The molecule has 178 valence electrons. The molecule has 0 aliphatic carbocycles. The topological polar surface area (TPSA) is 43.9 Å². The van der Waals surface area contributed by atoms with Crippen LogP contribution in [-0.2, 0) is 4.74 Å². The third-order valence-corrected chi connectivity index (χ3v) is 7.59. The number of pyridine rings is 1.